The molecule has 6 nitrogen and oxygen atoms in total. The van der Waals surface area contributed by atoms with Crippen LogP contribution in [-0.4, -0.2) is 54.1 Å². The lowest BCUT2D eigenvalue weighted by Crippen LogP contribution is -2.37. The SMILES string of the molecule is O=C(CCN1CCCC1C(=O)O)c1ccc2c(c1)OCCO2. The lowest BCUT2D eigenvalue weighted by molar-refractivity contribution is -0.142. The van der Waals surface area contributed by atoms with Crippen molar-refractivity contribution in [1.82, 2.24) is 4.90 Å². The Morgan fingerprint density at radius 3 is 2.77 bits per heavy atom. The van der Waals surface area contributed by atoms with Gasteiger partial charge in [0, 0.05) is 18.5 Å². The Balaban J connectivity index is 1.61. The van der Waals surface area contributed by atoms with Crippen LogP contribution in [0.1, 0.15) is 29.6 Å². The van der Waals surface area contributed by atoms with Gasteiger partial charge in [0.15, 0.2) is 17.3 Å². The van der Waals surface area contributed by atoms with E-state index in [0.29, 0.717) is 49.7 Å². The molecule has 1 aromatic rings. The van der Waals surface area contributed by atoms with E-state index in [1.165, 1.54) is 0 Å². The number of benzene rings is 1. The highest BCUT2D eigenvalue weighted by Crippen LogP contribution is 2.31. The van der Waals surface area contributed by atoms with Crippen molar-refractivity contribution in [2.75, 3.05) is 26.3 Å². The van der Waals surface area contributed by atoms with Gasteiger partial charge >= 0.3 is 5.97 Å². The summed E-state index contributed by atoms with van der Waals surface area (Å²) in [6, 6.07) is 4.73. The molecule has 0 aliphatic carbocycles. The maximum Gasteiger partial charge on any atom is 0.320 e. The van der Waals surface area contributed by atoms with Crippen LogP contribution in [0.5, 0.6) is 11.5 Å². The van der Waals surface area contributed by atoms with Gasteiger partial charge in [-0.1, -0.05) is 0 Å². The van der Waals surface area contributed by atoms with Crippen molar-refractivity contribution in [1.29, 1.82) is 0 Å². The van der Waals surface area contributed by atoms with Crippen LogP contribution in [0.3, 0.4) is 0 Å². The molecule has 3 rings (SSSR count). The van der Waals surface area contributed by atoms with E-state index in [1.54, 1.807) is 18.2 Å². The van der Waals surface area contributed by atoms with Crippen LogP contribution in [-0.2, 0) is 4.79 Å². The molecule has 1 saturated heterocycles. The second-order valence-corrected chi connectivity index (χ2v) is 5.56. The summed E-state index contributed by atoms with van der Waals surface area (Å²) < 4.78 is 10.9. The first-order valence-corrected chi connectivity index (χ1v) is 7.55. The summed E-state index contributed by atoms with van der Waals surface area (Å²) in [6.45, 7) is 2.22. The van der Waals surface area contributed by atoms with E-state index in [2.05, 4.69) is 0 Å². The van der Waals surface area contributed by atoms with E-state index in [1.807, 2.05) is 4.90 Å². The Kier molecular flexibility index (Phi) is 4.29. The summed E-state index contributed by atoms with van der Waals surface area (Å²) in [6.07, 6.45) is 1.84. The molecular formula is C16H19NO5. The molecular weight excluding hydrogens is 286 g/mol. The van der Waals surface area contributed by atoms with E-state index < -0.39 is 12.0 Å². The summed E-state index contributed by atoms with van der Waals surface area (Å²) in [5.74, 6) is 0.451. The van der Waals surface area contributed by atoms with Crippen molar-refractivity contribution in [2.24, 2.45) is 0 Å². The van der Waals surface area contributed by atoms with Crippen molar-refractivity contribution < 1.29 is 24.2 Å². The molecule has 2 aliphatic rings. The van der Waals surface area contributed by atoms with Gasteiger partial charge in [-0.25, -0.2) is 0 Å². The third kappa shape index (κ3) is 3.06. The fraction of sp³-hybridized carbons (Fsp3) is 0.500. The van der Waals surface area contributed by atoms with Crippen molar-refractivity contribution in [3.05, 3.63) is 23.8 Å². The Hall–Kier alpha value is -2.08. The van der Waals surface area contributed by atoms with Crippen LogP contribution in [0.4, 0.5) is 0 Å². The lowest BCUT2D eigenvalue weighted by atomic mass is 10.1. The van der Waals surface area contributed by atoms with Gasteiger partial charge in [-0.05, 0) is 37.6 Å². The zero-order valence-corrected chi connectivity index (χ0v) is 12.3. The average Bonchev–Trinajstić information content (AvgIpc) is 3.01. The number of rotatable bonds is 5. The van der Waals surface area contributed by atoms with Crippen LogP contribution in [0.25, 0.3) is 0 Å². The van der Waals surface area contributed by atoms with E-state index >= 15 is 0 Å². The second-order valence-electron chi connectivity index (χ2n) is 5.56. The Morgan fingerprint density at radius 1 is 1.23 bits per heavy atom. The number of carbonyl (C=O) groups excluding carboxylic acids is 1. The molecule has 1 N–H and O–H groups in total. The third-order valence-corrected chi connectivity index (χ3v) is 4.14. The number of carbonyl (C=O) groups is 2. The molecule has 1 fully saturated rings. The lowest BCUT2D eigenvalue weighted by Gasteiger charge is -2.21. The summed E-state index contributed by atoms with van der Waals surface area (Å²) >= 11 is 0. The van der Waals surface area contributed by atoms with Crippen LogP contribution < -0.4 is 9.47 Å². The zero-order chi connectivity index (χ0) is 15.5. The molecule has 0 bridgehead atoms. The van der Waals surface area contributed by atoms with Crippen molar-refractivity contribution in [3.8, 4) is 11.5 Å². The van der Waals surface area contributed by atoms with Gasteiger partial charge < -0.3 is 14.6 Å². The fourth-order valence-corrected chi connectivity index (χ4v) is 2.98. The molecule has 1 aromatic carbocycles. The highest BCUT2D eigenvalue weighted by molar-refractivity contribution is 5.96. The molecule has 6 heteroatoms. The molecule has 2 aliphatic heterocycles. The average molecular weight is 305 g/mol. The first-order valence-electron chi connectivity index (χ1n) is 7.55. The molecule has 0 amide bonds. The normalized spacial score (nSPS) is 20.8. The van der Waals surface area contributed by atoms with E-state index in [9.17, 15) is 9.59 Å². The zero-order valence-electron chi connectivity index (χ0n) is 12.3. The quantitative estimate of drug-likeness (QED) is 0.832. The number of carboxylic acid groups (broad SMARTS) is 1. The van der Waals surface area contributed by atoms with Gasteiger partial charge in [-0.2, -0.15) is 0 Å². The molecule has 0 saturated carbocycles. The third-order valence-electron chi connectivity index (χ3n) is 4.14. The van der Waals surface area contributed by atoms with Crippen molar-refractivity contribution >= 4 is 11.8 Å². The number of ether oxygens (including phenoxy) is 2. The number of Topliss-reactive ketones (excluding diaryl/α,β-unsaturated/α-hetero) is 1. The van der Waals surface area contributed by atoms with E-state index in [0.717, 1.165) is 13.0 Å². The first kappa shape index (κ1) is 14.8. The predicted molar refractivity (Wildman–Crippen MR) is 78.6 cm³/mol. The summed E-state index contributed by atoms with van der Waals surface area (Å²) in [5, 5.41) is 9.14. The largest absolute Gasteiger partial charge is 0.486 e. The first-order chi connectivity index (χ1) is 10.6. The Morgan fingerprint density at radius 2 is 2.00 bits per heavy atom. The molecule has 0 radical (unpaired) electrons. The fourth-order valence-electron chi connectivity index (χ4n) is 2.98. The van der Waals surface area contributed by atoms with Gasteiger partial charge in [0.2, 0.25) is 0 Å². The van der Waals surface area contributed by atoms with Crippen LogP contribution >= 0.6 is 0 Å². The van der Waals surface area contributed by atoms with E-state index in [4.69, 9.17) is 14.6 Å². The van der Waals surface area contributed by atoms with Gasteiger partial charge in [0.25, 0.3) is 0 Å². The monoisotopic (exact) mass is 305 g/mol. The van der Waals surface area contributed by atoms with E-state index in [-0.39, 0.29) is 5.78 Å². The predicted octanol–water partition coefficient (Wildman–Crippen LogP) is 1.58. The maximum atomic E-state index is 12.3. The van der Waals surface area contributed by atoms with Gasteiger partial charge in [-0.3, -0.25) is 14.5 Å². The Bertz CT molecular complexity index is 586. The topological polar surface area (TPSA) is 76.1 Å². The van der Waals surface area contributed by atoms with Crippen molar-refractivity contribution in [2.45, 2.75) is 25.3 Å². The Labute approximate surface area is 128 Å². The number of ketones is 1. The van der Waals surface area contributed by atoms with Crippen molar-refractivity contribution in [3.63, 3.8) is 0 Å². The summed E-state index contributed by atoms with van der Waals surface area (Å²) in [4.78, 5) is 25.3. The molecule has 118 valence electrons. The number of nitrogens with zero attached hydrogens (tertiary/aromatic N) is 1. The summed E-state index contributed by atoms with van der Waals surface area (Å²) in [5.41, 5.74) is 0.579. The number of carboxylic acids is 1. The second kappa shape index (κ2) is 6.36. The van der Waals surface area contributed by atoms with Crippen LogP contribution in [0.2, 0.25) is 0 Å². The van der Waals surface area contributed by atoms with Gasteiger partial charge in [0.1, 0.15) is 19.3 Å². The minimum absolute atomic E-state index is 0.00647. The smallest absolute Gasteiger partial charge is 0.320 e. The van der Waals surface area contributed by atoms with Crippen LogP contribution in [0, 0.1) is 0 Å². The standard InChI is InChI=1S/C16H19NO5/c18-13(5-7-17-6-1-2-12(17)16(19)20)11-3-4-14-15(10-11)22-9-8-21-14/h3-4,10,12H,1-2,5-9H2,(H,19,20). The molecule has 22 heavy (non-hydrogen) atoms. The molecule has 0 spiro atoms. The number of aliphatic carboxylic acids is 1. The highest BCUT2D eigenvalue weighted by Gasteiger charge is 2.30. The molecule has 1 atom stereocenters. The number of fused-ring (bicyclic) bond motifs is 1. The summed E-state index contributed by atoms with van der Waals surface area (Å²) in [7, 11) is 0. The molecule has 1 unspecified atom stereocenters. The van der Waals surface area contributed by atoms with Crippen LogP contribution in [0.15, 0.2) is 18.2 Å². The molecule has 2 heterocycles. The highest BCUT2D eigenvalue weighted by atomic mass is 16.6. The number of hydrogen-bond acceptors (Lipinski definition) is 5. The van der Waals surface area contributed by atoms with Gasteiger partial charge in [-0.15, -0.1) is 0 Å². The number of likely N-dealkylation sites (tertiary alicyclic amines) is 1. The maximum absolute atomic E-state index is 12.3. The minimum atomic E-state index is -0.802. The van der Waals surface area contributed by atoms with Gasteiger partial charge in [0.05, 0.1) is 0 Å². The minimum Gasteiger partial charge on any atom is -0.486 e. The number of hydrogen-bond donors (Lipinski definition) is 1. The molecule has 0 aromatic heterocycles.